The lowest BCUT2D eigenvalue weighted by Gasteiger charge is -1.94. The molecule has 2 heteroatoms. The van der Waals surface area contributed by atoms with E-state index in [-0.39, 0.29) is 0 Å². The van der Waals surface area contributed by atoms with E-state index in [0.717, 1.165) is 16.5 Å². The van der Waals surface area contributed by atoms with Gasteiger partial charge in [-0.3, -0.25) is 0 Å². The third kappa shape index (κ3) is 1.20. The van der Waals surface area contributed by atoms with E-state index in [2.05, 4.69) is 11.1 Å². The van der Waals surface area contributed by atoms with E-state index in [1.54, 1.807) is 0 Å². The van der Waals surface area contributed by atoms with Crippen molar-refractivity contribution < 1.29 is 0 Å². The van der Waals surface area contributed by atoms with Crippen molar-refractivity contribution in [2.24, 2.45) is 0 Å². The molecule has 0 amide bonds. The van der Waals surface area contributed by atoms with Gasteiger partial charge in [-0.2, -0.15) is 5.26 Å². The molecule has 14 heavy (non-hydrogen) atoms. The van der Waals surface area contributed by atoms with E-state index in [9.17, 15) is 0 Å². The zero-order valence-electron chi connectivity index (χ0n) is 7.91. The number of allylic oxidation sites excluding steroid dienone is 2. The molecule has 0 saturated heterocycles. The Kier molecular flexibility index (Phi) is 2.08. The summed E-state index contributed by atoms with van der Waals surface area (Å²) >= 11 is 0. The number of benzene rings is 1. The maximum Gasteiger partial charge on any atom is 0.0995 e. The van der Waals surface area contributed by atoms with Gasteiger partial charge < -0.3 is 4.98 Å². The third-order valence-electron chi connectivity index (χ3n) is 2.29. The molecule has 68 valence electrons. The number of nitrogens with zero attached hydrogens (tertiary/aromatic N) is 1. The first-order valence-corrected chi connectivity index (χ1v) is 4.49. The summed E-state index contributed by atoms with van der Waals surface area (Å²) in [6, 6.07) is 10.2. The number of nitrogens with one attached hydrogen (secondary N) is 1. The molecule has 2 nitrogen and oxygen atoms in total. The number of para-hydroxylation sites is 1. The van der Waals surface area contributed by atoms with Gasteiger partial charge in [0.15, 0.2) is 0 Å². The van der Waals surface area contributed by atoms with Crippen molar-refractivity contribution in [3.63, 3.8) is 0 Å². The first-order chi connectivity index (χ1) is 6.86. The highest BCUT2D eigenvalue weighted by atomic mass is 14.7. The Morgan fingerprint density at radius 2 is 2.21 bits per heavy atom. The van der Waals surface area contributed by atoms with Gasteiger partial charge in [0.2, 0.25) is 0 Å². The van der Waals surface area contributed by atoms with Gasteiger partial charge in [-0.05, 0) is 13.0 Å². The topological polar surface area (TPSA) is 39.6 Å². The van der Waals surface area contributed by atoms with Crippen molar-refractivity contribution in [3.05, 3.63) is 42.1 Å². The minimum Gasteiger partial charge on any atom is -0.361 e. The lowest BCUT2D eigenvalue weighted by Crippen LogP contribution is -1.76. The second-order valence-electron chi connectivity index (χ2n) is 3.06. The molecule has 0 aliphatic rings. The number of fused-ring (bicyclic) bond motifs is 1. The van der Waals surface area contributed by atoms with Crippen molar-refractivity contribution in [2.45, 2.75) is 6.92 Å². The number of rotatable bonds is 1. The van der Waals surface area contributed by atoms with E-state index in [0.29, 0.717) is 5.57 Å². The zero-order chi connectivity index (χ0) is 9.97. The largest absolute Gasteiger partial charge is 0.361 e. The Bertz CT molecular complexity index is 526. The van der Waals surface area contributed by atoms with Gasteiger partial charge in [0.05, 0.1) is 11.6 Å². The molecule has 1 heterocycles. The van der Waals surface area contributed by atoms with Crippen molar-refractivity contribution >= 4 is 16.5 Å². The maximum atomic E-state index is 8.93. The highest BCUT2D eigenvalue weighted by molar-refractivity contribution is 5.95. The first-order valence-electron chi connectivity index (χ1n) is 4.49. The average Bonchev–Trinajstić information content (AvgIpc) is 2.65. The smallest absolute Gasteiger partial charge is 0.0995 e. The molecule has 1 aromatic carbocycles. The number of hydrogen-bond donors (Lipinski definition) is 1. The van der Waals surface area contributed by atoms with Gasteiger partial charge in [0.1, 0.15) is 0 Å². The molecule has 0 atom stereocenters. The number of nitriles is 1. The molecule has 0 bridgehead atoms. The molecule has 0 radical (unpaired) electrons. The SMILES string of the molecule is C/C=C(\C#N)c1c[nH]c2ccccc12. The minimum absolute atomic E-state index is 0.711. The predicted molar refractivity (Wildman–Crippen MR) is 57.6 cm³/mol. The molecular weight excluding hydrogens is 172 g/mol. The fourth-order valence-electron chi connectivity index (χ4n) is 1.57. The van der Waals surface area contributed by atoms with E-state index in [1.165, 1.54) is 0 Å². The Hall–Kier alpha value is -2.01. The average molecular weight is 182 g/mol. The van der Waals surface area contributed by atoms with Crippen LogP contribution in [0.15, 0.2) is 36.5 Å². The molecule has 0 aliphatic carbocycles. The molecule has 1 N–H and O–H groups in total. The molecule has 0 spiro atoms. The van der Waals surface area contributed by atoms with Crippen molar-refractivity contribution in [2.75, 3.05) is 0 Å². The van der Waals surface area contributed by atoms with Crippen molar-refractivity contribution in [1.29, 1.82) is 5.26 Å². The van der Waals surface area contributed by atoms with E-state index in [4.69, 9.17) is 5.26 Å². The van der Waals surface area contributed by atoms with Crippen LogP contribution in [0.1, 0.15) is 12.5 Å². The van der Waals surface area contributed by atoms with Crippen LogP contribution in [-0.4, -0.2) is 4.98 Å². The zero-order valence-corrected chi connectivity index (χ0v) is 7.91. The minimum atomic E-state index is 0.711. The van der Waals surface area contributed by atoms with Gasteiger partial charge in [-0.1, -0.05) is 24.3 Å². The van der Waals surface area contributed by atoms with E-state index < -0.39 is 0 Å². The quantitative estimate of drug-likeness (QED) is 0.676. The molecule has 0 saturated carbocycles. The Balaban J connectivity index is 2.71. The molecule has 1 aromatic heterocycles. The van der Waals surface area contributed by atoms with Crippen molar-refractivity contribution in [3.8, 4) is 6.07 Å². The highest BCUT2D eigenvalue weighted by Crippen LogP contribution is 2.23. The summed E-state index contributed by atoms with van der Waals surface area (Å²) in [6.07, 6.45) is 3.71. The van der Waals surface area contributed by atoms with Gasteiger partial charge in [0, 0.05) is 22.7 Å². The Morgan fingerprint density at radius 1 is 1.43 bits per heavy atom. The summed E-state index contributed by atoms with van der Waals surface area (Å²) in [4.78, 5) is 3.15. The predicted octanol–water partition coefficient (Wildman–Crippen LogP) is 3.09. The Morgan fingerprint density at radius 3 is 2.93 bits per heavy atom. The summed E-state index contributed by atoms with van der Waals surface area (Å²) in [6.45, 7) is 1.88. The second-order valence-corrected chi connectivity index (χ2v) is 3.06. The summed E-state index contributed by atoms with van der Waals surface area (Å²) in [5, 5.41) is 10.0. The standard InChI is InChI=1S/C12H10N2/c1-2-9(7-13)11-8-14-12-6-4-3-5-10(11)12/h2-6,8,14H,1H3/b9-2+. The van der Waals surface area contributed by atoms with Gasteiger partial charge in [0.25, 0.3) is 0 Å². The highest BCUT2D eigenvalue weighted by Gasteiger charge is 2.05. The van der Waals surface area contributed by atoms with Crippen LogP contribution in [-0.2, 0) is 0 Å². The number of aromatic amines is 1. The van der Waals surface area contributed by atoms with Gasteiger partial charge in [-0.15, -0.1) is 0 Å². The van der Waals surface area contributed by atoms with Gasteiger partial charge in [-0.25, -0.2) is 0 Å². The number of hydrogen-bond acceptors (Lipinski definition) is 1. The second kappa shape index (κ2) is 3.39. The van der Waals surface area contributed by atoms with Crippen LogP contribution in [0.3, 0.4) is 0 Å². The summed E-state index contributed by atoms with van der Waals surface area (Å²) in [5.74, 6) is 0. The molecule has 2 rings (SSSR count). The molecule has 0 fully saturated rings. The summed E-state index contributed by atoms with van der Waals surface area (Å²) < 4.78 is 0. The first kappa shape index (κ1) is 8.58. The summed E-state index contributed by atoms with van der Waals surface area (Å²) in [5.41, 5.74) is 2.75. The Labute approximate surface area is 82.5 Å². The van der Waals surface area contributed by atoms with Crippen LogP contribution in [0.4, 0.5) is 0 Å². The van der Waals surface area contributed by atoms with Crippen molar-refractivity contribution in [1.82, 2.24) is 4.98 Å². The third-order valence-corrected chi connectivity index (χ3v) is 2.29. The monoisotopic (exact) mass is 182 g/mol. The van der Waals surface area contributed by atoms with Crippen LogP contribution in [0.2, 0.25) is 0 Å². The maximum absolute atomic E-state index is 8.93. The van der Waals surface area contributed by atoms with Crippen LogP contribution in [0.25, 0.3) is 16.5 Å². The van der Waals surface area contributed by atoms with Crippen LogP contribution < -0.4 is 0 Å². The number of aromatic nitrogens is 1. The fourth-order valence-corrected chi connectivity index (χ4v) is 1.57. The summed E-state index contributed by atoms with van der Waals surface area (Å²) in [7, 11) is 0. The van der Waals surface area contributed by atoms with Crippen LogP contribution >= 0.6 is 0 Å². The van der Waals surface area contributed by atoms with Crippen LogP contribution in [0.5, 0.6) is 0 Å². The normalized spacial score (nSPS) is 11.6. The molecular formula is C12H10N2. The van der Waals surface area contributed by atoms with E-state index >= 15 is 0 Å². The molecule has 2 aromatic rings. The lowest BCUT2D eigenvalue weighted by molar-refractivity contribution is 1.46. The molecule has 0 unspecified atom stereocenters. The van der Waals surface area contributed by atoms with E-state index in [1.807, 2.05) is 43.5 Å². The number of H-pyrrole nitrogens is 1. The fraction of sp³-hybridized carbons (Fsp3) is 0.0833. The lowest BCUT2D eigenvalue weighted by atomic mass is 10.1. The molecule has 0 aliphatic heterocycles. The van der Waals surface area contributed by atoms with Gasteiger partial charge >= 0.3 is 0 Å². The van der Waals surface area contributed by atoms with Crippen LogP contribution in [0, 0.1) is 11.3 Å².